The van der Waals surface area contributed by atoms with Gasteiger partial charge in [-0.15, -0.1) is 11.6 Å². The fraction of sp³-hybridized carbons (Fsp3) is 0.615. The molecular formula is C13H21ClN2O. The smallest absolute Gasteiger partial charge is 0.168 e. The van der Waals surface area contributed by atoms with Gasteiger partial charge < -0.3 is 10.1 Å². The van der Waals surface area contributed by atoms with Crippen molar-refractivity contribution in [1.29, 1.82) is 0 Å². The third-order valence-electron chi connectivity index (χ3n) is 2.23. The SMILES string of the molecule is CCCC(Cl)CNc1ncccc1OC(C)C. The number of halogens is 1. The monoisotopic (exact) mass is 256 g/mol. The van der Waals surface area contributed by atoms with E-state index in [0.29, 0.717) is 6.54 Å². The Kier molecular flexibility index (Phi) is 6.12. The maximum atomic E-state index is 6.16. The van der Waals surface area contributed by atoms with Crippen molar-refractivity contribution in [3.63, 3.8) is 0 Å². The maximum absolute atomic E-state index is 6.16. The second-order valence-corrected chi connectivity index (χ2v) is 4.90. The lowest BCUT2D eigenvalue weighted by Gasteiger charge is -2.15. The first-order valence-corrected chi connectivity index (χ1v) is 6.56. The first-order chi connectivity index (χ1) is 8.13. The Bertz CT molecular complexity index is 331. The predicted octanol–water partition coefficient (Wildman–Crippen LogP) is 3.69. The van der Waals surface area contributed by atoms with E-state index < -0.39 is 0 Å². The minimum atomic E-state index is 0.133. The summed E-state index contributed by atoms with van der Waals surface area (Å²) in [6.45, 7) is 6.83. The van der Waals surface area contributed by atoms with Crippen molar-refractivity contribution >= 4 is 17.4 Å². The number of hydrogen-bond acceptors (Lipinski definition) is 3. The quantitative estimate of drug-likeness (QED) is 0.756. The molecule has 0 aromatic carbocycles. The number of nitrogens with zero attached hydrogens (tertiary/aromatic N) is 1. The van der Waals surface area contributed by atoms with Crippen LogP contribution in [0, 0.1) is 0 Å². The molecule has 1 atom stereocenters. The number of rotatable bonds is 7. The van der Waals surface area contributed by atoms with Crippen LogP contribution in [0.2, 0.25) is 0 Å². The highest BCUT2D eigenvalue weighted by Crippen LogP contribution is 2.22. The number of anilines is 1. The molecule has 3 nitrogen and oxygen atoms in total. The van der Waals surface area contributed by atoms with Gasteiger partial charge in [0, 0.05) is 12.7 Å². The van der Waals surface area contributed by atoms with Crippen molar-refractivity contribution in [2.75, 3.05) is 11.9 Å². The number of ether oxygens (including phenoxy) is 1. The lowest BCUT2D eigenvalue weighted by atomic mass is 10.2. The molecule has 1 N–H and O–H groups in total. The van der Waals surface area contributed by atoms with E-state index in [4.69, 9.17) is 16.3 Å². The van der Waals surface area contributed by atoms with E-state index in [1.165, 1.54) is 0 Å². The highest BCUT2D eigenvalue weighted by molar-refractivity contribution is 6.20. The number of nitrogens with one attached hydrogen (secondary N) is 1. The fourth-order valence-electron chi connectivity index (χ4n) is 1.50. The van der Waals surface area contributed by atoms with Crippen LogP contribution in [0.3, 0.4) is 0 Å². The van der Waals surface area contributed by atoms with E-state index in [0.717, 1.165) is 24.4 Å². The molecule has 1 aromatic heterocycles. The van der Waals surface area contributed by atoms with Gasteiger partial charge in [0.15, 0.2) is 11.6 Å². The first-order valence-electron chi connectivity index (χ1n) is 6.13. The van der Waals surface area contributed by atoms with E-state index in [-0.39, 0.29) is 11.5 Å². The second kappa shape index (κ2) is 7.38. The Labute approximate surface area is 109 Å². The largest absolute Gasteiger partial charge is 0.487 e. The van der Waals surface area contributed by atoms with Crippen molar-refractivity contribution < 1.29 is 4.74 Å². The van der Waals surface area contributed by atoms with E-state index in [2.05, 4.69) is 17.2 Å². The summed E-state index contributed by atoms with van der Waals surface area (Å²) in [6, 6.07) is 3.78. The Balaban J connectivity index is 2.57. The summed E-state index contributed by atoms with van der Waals surface area (Å²) < 4.78 is 5.67. The summed E-state index contributed by atoms with van der Waals surface area (Å²) in [5.74, 6) is 1.55. The van der Waals surface area contributed by atoms with Gasteiger partial charge in [0.2, 0.25) is 0 Å². The van der Waals surface area contributed by atoms with Gasteiger partial charge in [-0.3, -0.25) is 0 Å². The van der Waals surface area contributed by atoms with Gasteiger partial charge in [-0.1, -0.05) is 13.3 Å². The van der Waals surface area contributed by atoms with Gasteiger partial charge in [-0.25, -0.2) is 4.98 Å². The van der Waals surface area contributed by atoms with E-state index >= 15 is 0 Å². The summed E-state index contributed by atoms with van der Waals surface area (Å²) in [5.41, 5.74) is 0. The van der Waals surface area contributed by atoms with Gasteiger partial charge >= 0.3 is 0 Å². The molecule has 0 radical (unpaired) electrons. The number of alkyl halides is 1. The van der Waals surface area contributed by atoms with Crippen molar-refractivity contribution in [3.05, 3.63) is 18.3 Å². The van der Waals surface area contributed by atoms with Crippen LogP contribution in [0.1, 0.15) is 33.6 Å². The summed E-state index contributed by atoms with van der Waals surface area (Å²) in [5, 5.41) is 3.37. The fourth-order valence-corrected chi connectivity index (χ4v) is 1.79. The van der Waals surface area contributed by atoms with Crippen LogP contribution in [0.25, 0.3) is 0 Å². The van der Waals surface area contributed by atoms with Gasteiger partial charge in [0.05, 0.1) is 11.5 Å². The number of pyridine rings is 1. The minimum Gasteiger partial charge on any atom is -0.487 e. The third-order valence-corrected chi connectivity index (χ3v) is 2.60. The Hall–Kier alpha value is -0.960. The highest BCUT2D eigenvalue weighted by atomic mass is 35.5. The lowest BCUT2D eigenvalue weighted by molar-refractivity contribution is 0.243. The summed E-state index contributed by atoms with van der Waals surface area (Å²) in [6.07, 6.45) is 3.98. The Morgan fingerprint density at radius 1 is 1.47 bits per heavy atom. The van der Waals surface area contributed by atoms with Crippen LogP contribution in [0.4, 0.5) is 5.82 Å². The summed E-state index contributed by atoms with van der Waals surface area (Å²) >= 11 is 6.16. The van der Waals surface area contributed by atoms with Crippen molar-refractivity contribution in [3.8, 4) is 5.75 Å². The molecule has 0 saturated heterocycles. The zero-order valence-corrected chi connectivity index (χ0v) is 11.5. The third kappa shape index (κ3) is 5.26. The Morgan fingerprint density at radius 3 is 2.88 bits per heavy atom. The molecule has 17 heavy (non-hydrogen) atoms. The highest BCUT2D eigenvalue weighted by Gasteiger charge is 2.08. The van der Waals surface area contributed by atoms with Gasteiger partial charge in [-0.2, -0.15) is 0 Å². The van der Waals surface area contributed by atoms with Crippen LogP contribution >= 0.6 is 11.6 Å². The topological polar surface area (TPSA) is 34.2 Å². The molecule has 0 fully saturated rings. The maximum Gasteiger partial charge on any atom is 0.168 e. The number of hydrogen-bond donors (Lipinski definition) is 1. The molecule has 0 aliphatic heterocycles. The molecule has 0 bridgehead atoms. The molecular weight excluding hydrogens is 236 g/mol. The van der Waals surface area contributed by atoms with E-state index in [1.807, 2.05) is 26.0 Å². The van der Waals surface area contributed by atoms with Gasteiger partial charge in [0.1, 0.15) is 0 Å². The lowest BCUT2D eigenvalue weighted by Crippen LogP contribution is -2.16. The molecule has 0 amide bonds. The normalized spacial score (nSPS) is 12.5. The predicted molar refractivity (Wildman–Crippen MR) is 73.0 cm³/mol. The zero-order valence-electron chi connectivity index (χ0n) is 10.7. The molecule has 1 aromatic rings. The molecule has 1 unspecified atom stereocenters. The standard InChI is InChI=1S/C13H21ClN2O/c1-4-6-11(14)9-16-13-12(17-10(2)3)7-5-8-15-13/h5,7-8,10-11H,4,6,9H2,1-3H3,(H,15,16). The molecule has 1 heterocycles. The van der Waals surface area contributed by atoms with Gasteiger partial charge in [0.25, 0.3) is 0 Å². The molecule has 96 valence electrons. The summed E-state index contributed by atoms with van der Waals surface area (Å²) in [7, 11) is 0. The average molecular weight is 257 g/mol. The molecule has 0 saturated carbocycles. The molecule has 0 spiro atoms. The zero-order chi connectivity index (χ0) is 12.7. The second-order valence-electron chi connectivity index (χ2n) is 4.28. The molecule has 4 heteroatoms. The van der Waals surface area contributed by atoms with Crippen molar-refractivity contribution in [1.82, 2.24) is 4.98 Å². The van der Waals surface area contributed by atoms with E-state index in [9.17, 15) is 0 Å². The average Bonchev–Trinajstić information content (AvgIpc) is 2.27. The number of aromatic nitrogens is 1. The first kappa shape index (κ1) is 14.1. The van der Waals surface area contributed by atoms with Crippen LogP contribution < -0.4 is 10.1 Å². The van der Waals surface area contributed by atoms with Crippen molar-refractivity contribution in [2.24, 2.45) is 0 Å². The van der Waals surface area contributed by atoms with Gasteiger partial charge in [-0.05, 0) is 32.4 Å². The molecule has 1 rings (SSSR count). The van der Waals surface area contributed by atoms with E-state index in [1.54, 1.807) is 6.20 Å². The van der Waals surface area contributed by atoms with Crippen molar-refractivity contribution in [2.45, 2.75) is 45.1 Å². The van der Waals surface area contributed by atoms with Crippen LogP contribution in [-0.4, -0.2) is 23.0 Å². The van der Waals surface area contributed by atoms with Crippen LogP contribution in [-0.2, 0) is 0 Å². The molecule has 0 aliphatic carbocycles. The minimum absolute atomic E-state index is 0.133. The Morgan fingerprint density at radius 2 is 2.24 bits per heavy atom. The van der Waals surface area contributed by atoms with Crippen LogP contribution in [0.5, 0.6) is 5.75 Å². The van der Waals surface area contributed by atoms with Crippen LogP contribution in [0.15, 0.2) is 18.3 Å². The molecule has 0 aliphatic rings. The summed E-state index contributed by atoms with van der Waals surface area (Å²) in [4.78, 5) is 4.27.